The Hall–Kier alpha value is -3.43. The summed E-state index contributed by atoms with van der Waals surface area (Å²) in [6.45, 7) is 0. The number of halogens is 3. The van der Waals surface area contributed by atoms with Crippen LogP contribution in [0.25, 0.3) is 16.9 Å². The Balaban J connectivity index is 2.13. The van der Waals surface area contributed by atoms with Crippen LogP contribution in [0.15, 0.2) is 48.8 Å². The molecule has 7 nitrogen and oxygen atoms in total. The number of nitrogens with zero attached hydrogens (tertiary/aromatic N) is 4. The van der Waals surface area contributed by atoms with Gasteiger partial charge in [-0.3, -0.25) is 4.98 Å². The molecule has 0 amide bonds. The Bertz CT molecular complexity index is 910. The number of hydrogen-bond acceptors (Lipinski definition) is 5. The van der Waals surface area contributed by atoms with Gasteiger partial charge in [-0.05, 0) is 24.3 Å². The van der Waals surface area contributed by atoms with Gasteiger partial charge in [0.1, 0.15) is 11.4 Å². The van der Waals surface area contributed by atoms with Crippen molar-refractivity contribution in [3.05, 3.63) is 54.5 Å². The lowest BCUT2D eigenvalue weighted by molar-refractivity contribution is -0.274. The van der Waals surface area contributed by atoms with Crippen molar-refractivity contribution >= 4 is 5.97 Å². The Kier molecular flexibility index (Phi) is 4.09. The van der Waals surface area contributed by atoms with E-state index >= 15 is 0 Å². The summed E-state index contributed by atoms with van der Waals surface area (Å²) in [6, 6.07) is 8.14. The number of benzene rings is 1. The summed E-state index contributed by atoms with van der Waals surface area (Å²) in [4.78, 5) is 15.3. The van der Waals surface area contributed by atoms with Crippen LogP contribution in [0.1, 0.15) is 10.5 Å². The zero-order valence-electron chi connectivity index (χ0n) is 12.3. The molecule has 1 N–H and O–H groups in total. The van der Waals surface area contributed by atoms with Crippen molar-refractivity contribution in [1.29, 1.82) is 0 Å². The third kappa shape index (κ3) is 3.57. The molecule has 0 bridgehead atoms. The Morgan fingerprint density at radius 2 is 2.00 bits per heavy atom. The van der Waals surface area contributed by atoms with E-state index in [9.17, 15) is 23.1 Å². The molecule has 0 saturated heterocycles. The van der Waals surface area contributed by atoms with Crippen LogP contribution in [0.5, 0.6) is 5.75 Å². The topological polar surface area (TPSA) is 90.1 Å². The van der Waals surface area contributed by atoms with Gasteiger partial charge in [-0.1, -0.05) is 11.3 Å². The van der Waals surface area contributed by atoms with Crippen LogP contribution >= 0.6 is 0 Å². The van der Waals surface area contributed by atoms with Gasteiger partial charge in [-0.25, -0.2) is 9.48 Å². The lowest BCUT2D eigenvalue weighted by Crippen LogP contribution is -2.17. The number of pyridine rings is 1. The number of rotatable bonds is 4. The number of alkyl halides is 3. The van der Waals surface area contributed by atoms with E-state index in [1.165, 1.54) is 24.5 Å². The Morgan fingerprint density at radius 3 is 2.64 bits per heavy atom. The zero-order valence-corrected chi connectivity index (χ0v) is 12.3. The van der Waals surface area contributed by atoms with E-state index in [1.54, 1.807) is 12.1 Å². The quantitative estimate of drug-likeness (QED) is 0.778. The van der Waals surface area contributed by atoms with Crippen LogP contribution in [0, 0.1) is 0 Å². The first-order valence-electron chi connectivity index (χ1n) is 6.81. The van der Waals surface area contributed by atoms with Gasteiger partial charge in [-0.2, -0.15) is 0 Å². The highest BCUT2D eigenvalue weighted by molar-refractivity contribution is 5.92. The molecule has 0 unspecified atom stereocenters. The van der Waals surface area contributed by atoms with Crippen LogP contribution in [-0.2, 0) is 0 Å². The molecule has 0 atom stereocenters. The molecule has 3 aromatic rings. The monoisotopic (exact) mass is 350 g/mol. The molecule has 25 heavy (non-hydrogen) atoms. The van der Waals surface area contributed by atoms with Gasteiger partial charge >= 0.3 is 12.3 Å². The van der Waals surface area contributed by atoms with E-state index < -0.39 is 18.1 Å². The van der Waals surface area contributed by atoms with Crippen molar-refractivity contribution in [2.24, 2.45) is 0 Å². The molecule has 0 aliphatic heterocycles. The molecule has 0 saturated carbocycles. The second-order valence-electron chi connectivity index (χ2n) is 4.79. The van der Waals surface area contributed by atoms with Gasteiger partial charge < -0.3 is 9.84 Å². The summed E-state index contributed by atoms with van der Waals surface area (Å²) in [5.74, 6) is -1.79. The molecule has 0 aliphatic carbocycles. The molecule has 0 aliphatic rings. The minimum atomic E-state index is -4.85. The van der Waals surface area contributed by atoms with Crippen molar-refractivity contribution in [2.45, 2.75) is 6.36 Å². The number of carbonyl (C=O) groups is 1. The first-order valence-corrected chi connectivity index (χ1v) is 6.81. The van der Waals surface area contributed by atoms with Gasteiger partial charge in [0.25, 0.3) is 0 Å². The highest BCUT2D eigenvalue weighted by atomic mass is 19.4. The van der Waals surface area contributed by atoms with E-state index in [-0.39, 0.29) is 17.1 Å². The number of ether oxygens (including phenoxy) is 1. The molecule has 0 spiro atoms. The maximum atomic E-state index is 12.4. The molecular weight excluding hydrogens is 341 g/mol. The largest absolute Gasteiger partial charge is 0.573 e. The van der Waals surface area contributed by atoms with Crippen LogP contribution in [0.3, 0.4) is 0 Å². The maximum absolute atomic E-state index is 12.4. The van der Waals surface area contributed by atoms with Gasteiger partial charge in [0.05, 0.1) is 5.69 Å². The first kappa shape index (κ1) is 16.4. The Morgan fingerprint density at radius 1 is 1.20 bits per heavy atom. The standard InChI is InChI=1S/C15H9F3N4O3/c16-15(17,18)25-11-5-1-4-10(7-11)22-13(9-3-2-6-19-8-9)12(14(23)24)20-21-22/h1-8H,(H,23,24). The van der Waals surface area contributed by atoms with E-state index in [2.05, 4.69) is 20.0 Å². The number of aromatic nitrogens is 4. The smallest absolute Gasteiger partial charge is 0.476 e. The lowest BCUT2D eigenvalue weighted by Gasteiger charge is -2.11. The summed E-state index contributed by atoms with van der Waals surface area (Å²) < 4.78 is 42.1. The fraction of sp³-hybridized carbons (Fsp3) is 0.0667. The molecule has 0 radical (unpaired) electrons. The van der Waals surface area contributed by atoms with Gasteiger partial charge in [0.15, 0.2) is 5.69 Å². The second-order valence-corrected chi connectivity index (χ2v) is 4.79. The molecule has 3 rings (SSSR count). The highest BCUT2D eigenvalue weighted by Gasteiger charge is 2.31. The summed E-state index contributed by atoms with van der Waals surface area (Å²) in [5.41, 5.74) is 0.285. The van der Waals surface area contributed by atoms with Crippen molar-refractivity contribution in [3.63, 3.8) is 0 Å². The number of carboxylic acid groups (broad SMARTS) is 1. The summed E-state index contributed by atoms with van der Waals surface area (Å²) >= 11 is 0. The summed E-state index contributed by atoms with van der Waals surface area (Å²) in [5, 5.41) is 16.6. The predicted molar refractivity (Wildman–Crippen MR) is 78.2 cm³/mol. The minimum Gasteiger partial charge on any atom is -0.476 e. The molecule has 0 fully saturated rings. The van der Waals surface area contributed by atoms with Crippen LogP contribution in [0.4, 0.5) is 13.2 Å². The normalized spacial score (nSPS) is 11.3. The zero-order chi connectivity index (χ0) is 18.0. The lowest BCUT2D eigenvalue weighted by atomic mass is 10.1. The average Bonchev–Trinajstić information content (AvgIpc) is 2.99. The predicted octanol–water partition coefficient (Wildman–Crippen LogP) is 2.93. The van der Waals surface area contributed by atoms with E-state index in [1.807, 2.05) is 0 Å². The first-order chi connectivity index (χ1) is 11.8. The molecule has 2 aromatic heterocycles. The molecular formula is C15H9F3N4O3. The maximum Gasteiger partial charge on any atom is 0.573 e. The Labute approximate surface area is 138 Å². The molecule has 2 heterocycles. The fourth-order valence-electron chi connectivity index (χ4n) is 2.18. The number of aromatic carboxylic acids is 1. The molecule has 10 heteroatoms. The van der Waals surface area contributed by atoms with Crippen molar-refractivity contribution in [1.82, 2.24) is 20.0 Å². The van der Waals surface area contributed by atoms with Gasteiger partial charge in [0, 0.05) is 24.0 Å². The van der Waals surface area contributed by atoms with Crippen LogP contribution in [0.2, 0.25) is 0 Å². The van der Waals surface area contributed by atoms with Crippen molar-refractivity contribution < 1.29 is 27.8 Å². The van der Waals surface area contributed by atoms with Crippen LogP contribution in [-0.4, -0.2) is 37.4 Å². The third-order valence-electron chi connectivity index (χ3n) is 3.10. The highest BCUT2D eigenvalue weighted by Crippen LogP contribution is 2.28. The van der Waals surface area contributed by atoms with Crippen LogP contribution < -0.4 is 4.74 Å². The fourth-order valence-corrected chi connectivity index (χ4v) is 2.18. The molecule has 128 valence electrons. The van der Waals surface area contributed by atoms with E-state index in [0.29, 0.717) is 5.56 Å². The minimum absolute atomic E-state index is 0.0877. The third-order valence-corrected chi connectivity index (χ3v) is 3.10. The van der Waals surface area contributed by atoms with Gasteiger partial charge in [-0.15, -0.1) is 18.3 Å². The van der Waals surface area contributed by atoms with Crippen molar-refractivity contribution in [2.75, 3.05) is 0 Å². The number of carboxylic acids is 1. The van der Waals surface area contributed by atoms with Crippen molar-refractivity contribution in [3.8, 4) is 22.7 Å². The molecule has 1 aromatic carbocycles. The van der Waals surface area contributed by atoms with E-state index in [4.69, 9.17) is 0 Å². The second kappa shape index (κ2) is 6.23. The number of hydrogen-bond donors (Lipinski definition) is 1. The SMILES string of the molecule is O=C(O)c1nnn(-c2cccc(OC(F)(F)F)c2)c1-c1cccnc1. The van der Waals surface area contributed by atoms with Gasteiger partial charge in [0.2, 0.25) is 0 Å². The summed E-state index contributed by atoms with van der Waals surface area (Å²) in [7, 11) is 0. The average molecular weight is 350 g/mol. The van der Waals surface area contributed by atoms with E-state index in [0.717, 1.165) is 16.8 Å². The summed E-state index contributed by atoms with van der Waals surface area (Å²) in [6.07, 6.45) is -1.95.